The average molecular weight is 421 g/mol. The van der Waals surface area contributed by atoms with Crippen molar-refractivity contribution in [3.63, 3.8) is 0 Å². The van der Waals surface area contributed by atoms with E-state index in [4.69, 9.17) is 11.6 Å². The minimum Gasteiger partial charge on any atom is -0.339 e. The van der Waals surface area contributed by atoms with Gasteiger partial charge in [0.25, 0.3) is 11.8 Å². The summed E-state index contributed by atoms with van der Waals surface area (Å²) in [6, 6.07) is 10.7. The van der Waals surface area contributed by atoms with Gasteiger partial charge in [-0.15, -0.1) is 0 Å². The molecule has 0 aliphatic carbocycles. The van der Waals surface area contributed by atoms with Crippen molar-refractivity contribution in [2.45, 2.75) is 24.2 Å². The van der Waals surface area contributed by atoms with E-state index in [2.05, 4.69) is 5.32 Å². The van der Waals surface area contributed by atoms with Gasteiger partial charge in [0.2, 0.25) is 0 Å². The Labute approximate surface area is 169 Å². The Hall–Kier alpha value is -2.38. The van der Waals surface area contributed by atoms with Gasteiger partial charge >= 0.3 is 0 Å². The molecule has 0 saturated carbocycles. The van der Waals surface area contributed by atoms with Crippen LogP contribution in [0.2, 0.25) is 5.02 Å². The predicted octanol–water partition coefficient (Wildman–Crippen LogP) is 3.62. The lowest BCUT2D eigenvalue weighted by Gasteiger charge is -2.27. The van der Waals surface area contributed by atoms with E-state index in [1.807, 2.05) is 0 Å². The highest BCUT2D eigenvalue weighted by molar-refractivity contribution is 7.90. The summed E-state index contributed by atoms with van der Waals surface area (Å²) in [5.41, 5.74) is 0.793. The molecule has 1 fully saturated rings. The molecule has 0 spiro atoms. The van der Waals surface area contributed by atoms with Crippen LogP contribution in [0, 0.1) is 0 Å². The van der Waals surface area contributed by atoms with Gasteiger partial charge in [0, 0.05) is 19.3 Å². The fraction of sp³-hybridized carbons (Fsp3) is 0.300. The monoisotopic (exact) mass is 420 g/mol. The minimum absolute atomic E-state index is 0.000252. The van der Waals surface area contributed by atoms with Crippen LogP contribution in [0.5, 0.6) is 0 Å². The number of hydrogen-bond acceptors (Lipinski definition) is 4. The highest BCUT2D eigenvalue weighted by atomic mass is 35.5. The van der Waals surface area contributed by atoms with Crippen LogP contribution in [0.15, 0.2) is 47.4 Å². The van der Waals surface area contributed by atoms with E-state index in [1.54, 1.807) is 29.2 Å². The highest BCUT2D eigenvalue weighted by Gasteiger charge is 2.22. The summed E-state index contributed by atoms with van der Waals surface area (Å²) in [5, 5.41) is 2.83. The molecule has 148 valence electrons. The molecule has 0 aromatic heterocycles. The molecule has 1 aliphatic heterocycles. The van der Waals surface area contributed by atoms with Crippen molar-refractivity contribution in [1.29, 1.82) is 0 Å². The second kappa shape index (κ2) is 8.32. The maximum absolute atomic E-state index is 12.9. The van der Waals surface area contributed by atoms with Crippen LogP contribution in [0.1, 0.15) is 40.0 Å². The highest BCUT2D eigenvalue weighted by Crippen LogP contribution is 2.24. The van der Waals surface area contributed by atoms with Crippen LogP contribution in [-0.2, 0) is 9.84 Å². The number of amides is 2. The smallest absolute Gasteiger partial charge is 0.257 e. The van der Waals surface area contributed by atoms with Crippen LogP contribution in [0.25, 0.3) is 0 Å². The van der Waals surface area contributed by atoms with Crippen molar-refractivity contribution in [2.24, 2.45) is 0 Å². The number of likely N-dealkylation sites (tertiary alicyclic amines) is 1. The van der Waals surface area contributed by atoms with E-state index in [1.165, 1.54) is 18.2 Å². The van der Waals surface area contributed by atoms with Crippen molar-refractivity contribution < 1.29 is 18.0 Å². The van der Waals surface area contributed by atoms with E-state index in [0.29, 0.717) is 24.3 Å². The van der Waals surface area contributed by atoms with Gasteiger partial charge in [-0.3, -0.25) is 9.59 Å². The summed E-state index contributed by atoms with van der Waals surface area (Å²) < 4.78 is 23.5. The quantitative estimate of drug-likeness (QED) is 0.818. The normalized spacial score (nSPS) is 14.6. The second-order valence-corrected chi connectivity index (χ2v) is 9.19. The molecule has 28 heavy (non-hydrogen) atoms. The lowest BCUT2D eigenvalue weighted by atomic mass is 10.1. The molecular formula is C20H21ClN2O4S. The van der Waals surface area contributed by atoms with Crippen molar-refractivity contribution >= 4 is 38.9 Å². The number of carbonyl (C=O) groups is 2. The van der Waals surface area contributed by atoms with Gasteiger partial charge in [0.15, 0.2) is 9.84 Å². The number of piperidine rings is 1. The molecule has 6 nitrogen and oxygen atoms in total. The molecule has 1 heterocycles. The first-order valence-electron chi connectivity index (χ1n) is 8.96. The molecule has 1 N–H and O–H groups in total. The van der Waals surface area contributed by atoms with E-state index in [0.717, 1.165) is 25.5 Å². The van der Waals surface area contributed by atoms with Gasteiger partial charge in [-0.25, -0.2) is 8.42 Å². The third-order valence-corrected chi connectivity index (χ3v) is 6.10. The number of sulfone groups is 1. The van der Waals surface area contributed by atoms with E-state index >= 15 is 0 Å². The Bertz CT molecular complexity index is 1010. The molecule has 0 bridgehead atoms. The standard InChI is InChI=1S/C20H21ClN2O4S/c1-28(26,27)14-9-10-17(21)16(13-14)19(24)22-18-8-4-3-7-15(18)20(25)23-11-5-2-6-12-23/h3-4,7-10,13H,2,5-6,11-12H2,1H3,(H,22,24). The Morgan fingerprint density at radius 2 is 1.68 bits per heavy atom. The van der Waals surface area contributed by atoms with Crippen LogP contribution in [0.4, 0.5) is 5.69 Å². The number of nitrogens with one attached hydrogen (secondary N) is 1. The van der Waals surface area contributed by atoms with E-state index in [-0.39, 0.29) is 21.4 Å². The number of para-hydroxylation sites is 1. The number of carbonyl (C=O) groups excluding carboxylic acids is 2. The average Bonchev–Trinajstić information content (AvgIpc) is 2.68. The number of halogens is 1. The first kappa shape index (κ1) is 20.4. The Morgan fingerprint density at radius 1 is 1.00 bits per heavy atom. The van der Waals surface area contributed by atoms with E-state index in [9.17, 15) is 18.0 Å². The van der Waals surface area contributed by atoms with Gasteiger partial charge in [-0.05, 0) is 49.6 Å². The molecule has 2 aromatic carbocycles. The number of anilines is 1. The number of rotatable bonds is 4. The van der Waals surface area contributed by atoms with Gasteiger partial charge in [-0.1, -0.05) is 23.7 Å². The summed E-state index contributed by atoms with van der Waals surface area (Å²) in [6.07, 6.45) is 4.10. The molecule has 0 radical (unpaired) electrons. The van der Waals surface area contributed by atoms with Crippen LogP contribution in [0.3, 0.4) is 0 Å². The third-order valence-electron chi connectivity index (χ3n) is 4.66. The van der Waals surface area contributed by atoms with Gasteiger partial charge in [0.05, 0.1) is 26.7 Å². The van der Waals surface area contributed by atoms with Gasteiger partial charge < -0.3 is 10.2 Å². The lowest BCUT2D eigenvalue weighted by Crippen LogP contribution is -2.36. The zero-order valence-electron chi connectivity index (χ0n) is 15.4. The second-order valence-electron chi connectivity index (χ2n) is 6.77. The SMILES string of the molecule is CS(=O)(=O)c1ccc(Cl)c(C(=O)Nc2ccccc2C(=O)N2CCCCC2)c1. The Kier molecular flexibility index (Phi) is 6.05. The van der Waals surface area contributed by atoms with Crippen molar-refractivity contribution in [3.8, 4) is 0 Å². The first-order chi connectivity index (χ1) is 13.3. The zero-order valence-corrected chi connectivity index (χ0v) is 17.0. The Balaban J connectivity index is 1.88. The van der Waals surface area contributed by atoms with E-state index < -0.39 is 15.7 Å². The molecule has 8 heteroatoms. The van der Waals surface area contributed by atoms with Crippen LogP contribution < -0.4 is 5.32 Å². The summed E-state index contributed by atoms with van der Waals surface area (Å²) in [7, 11) is -3.48. The molecule has 0 unspecified atom stereocenters. The van der Waals surface area contributed by atoms with Crippen molar-refractivity contribution in [3.05, 3.63) is 58.6 Å². The third kappa shape index (κ3) is 4.54. The van der Waals surface area contributed by atoms with Crippen molar-refractivity contribution in [2.75, 3.05) is 24.7 Å². The summed E-state index contributed by atoms with van der Waals surface area (Å²) >= 11 is 6.10. The fourth-order valence-corrected chi connectivity index (χ4v) is 4.00. The molecular weight excluding hydrogens is 400 g/mol. The van der Waals surface area contributed by atoms with Gasteiger partial charge in [-0.2, -0.15) is 0 Å². The summed E-state index contributed by atoms with van der Waals surface area (Å²) in [5.74, 6) is -0.707. The molecule has 0 atom stereocenters. The first-order valence-corrected chi connectivity index (χ1v) is 11.2. The van der Waals surface area contributed by atoms with Crippen LogP contribution >= 0.6 is 11.6 Å². The maximum Gasteiger partial charge on any atom is 0.257 e. The zero-order chi connectivity index (χ0) is 20.3. The number of hydrogen-bond donors (Lipinski definition) is 1. The predicted molar refractivity (Wildman–Crippen MR) is 109 cm³/mol. The molecule has 3 rings (SSSR count). The summed E-state index contributed by atoms with van der Waals surface area (Å²) in [4.78, 5) is 27.4. The molecule has 1 aliphatic rings. The summed E-state index contributed by atoms with van der Waals surface area (Å²) in [6.45, 7) is 1.40. The Morgan fingerprint density at radius 3 is 2.36 bits per heavy atom. The van der Waals surface area contributed by atoms with Crippen molar-refractivity contribution in [1.82, 2.24) is 4.90 Å². The topological polar surface area (TPSA) is 83.5 Å². The maximum atomic E-state index is 12.9. The largest absolute Gasteiger partial charge is 0.339 e. The molecule has 1 saturated heterocycles. The molecule has 2 amide bonds. The lowest BCUT2D eigenvalue weighted by molar-refractivity contribution is 0.0725. The van der Waals surface area contributed by atoms with Gasteiger partial charge in [0.1, 0.15) is 0 Å². The van der Waals surface area contributed by atoms with Crippen LogP contribution in [-0.4, -0.2) is 44.5 Å². The minimum atomic E-state index is -3.48. The number of benzene rings is 2. The fourth-order valence-electron chi connectivity index (χ4n) is 3.14. The number of nitrogens with zero attached hydrogens (tertiary/aromatic N) is 1. The molecule has 2 aromatic rings.